The first kappa shape index (κ1) is 19.9. The van der Waals surface area contributed by atoms with Gasteiger partial charge in [-0.15, -0.1) is 0 Å². The van der Waals surface area contributed by atoms with Gasteiger partial charge in [0.05, 0.1) is 5.02 Å². The zero-order valence-electron chi connectivity index (χ0n) is 11.9. The standard InChI is InChI=1S/C9H11Cl2O4P.C4H10/c1-2-14-9(15-16(12)13)7-4-3-6(10)5-8(7)11;1-3-4-2/h3-5,9,16H,2H2,1H3,(H,12,13);3-4H2,1-2H3. The number of benzene rings is 1. The van der Waals surface area contributed by atoms with E-state index < -0.39 is 14.5 Å². The maximum absolute atomic E-state index is 10.6. The molecule has 0 spiro atoms. The molecule has 1 rings (SSSR count). The summed E-state index contributed by atoms with van der Waals surface area (Å²) < 4.78 is 20.6. The van der Waals surface area contributed by atoms with Crippen LogP contribution in [0.15, 0.2) is 18.2 Å². The molecule has 0 aliphatic rings. The molecule has 0 fully saturated rings. The Bertz CT molecular complexity index is 413. The number of ether oxygens (including phenoxy) is 1. The van der Waals surface area contributed by atoms with Crippen molar-refractivity contribution in [3.05, 3.63) is 33.8 Å². The third kappa shape index (κ3) is 8.25. The second-order valence-corrected chi connectivity index (χ2v) is 5.45. The van der Waals surface area contributed by atoms with Crippen molar-refractivity contribution in [1.82, 2.24) is 0 Å². The number of hydrogen-bond acceptors (Lipinski definition) is 3. The molecule has 0 bridgehead atoms. The second-order valence-electron chi connectivity index (χ2n) is 3.84. The minimum atomic E-state index is -3.10. The molecule has 1 aromatic carbocycles. The van der Waals surface area contributed by atoms with Crippen molar-refractivity contribution in [3.8, 4) is 0 Å². The molecule has 0 amide bonds. The van der Waals surface area contributed by atoms with Gasteiger partial charge in [0.15, 0.2) is 6.29 Å². The zero-order valence-corrected chi connectivity index (χ0v) is 14.4. The predicted molar refractivity (Wildman–Crippen MR) is 83.7 cm³/mol. The minimum Gasteiger partial charge on any atom is -0.348 e. The van der Waals surface area contributed by atoms with Crippen molar-refractivity contribution in [2.45, 2.75) is 39.9 Å². The largest absolute Gasteiger partial charge is 0.348 e. The molecular formula is C13H21Cl2O4P. The van der Waals surface area contributed by atoms with Gasteiger partial charge in [-0.2, -0.15) is 0 Å². The van der Waals surface area contributed by atoms with E-state index in [0.717, 1.165) is 0 Å². The molecule has 1 N–H and O–H groups in total. The molecule has 0 saturated carbocycles. The summed E-state index contributed by atoms with van der Waals surface area (Å²) in [6.07, 6.45) is 1.69. The van der Waals surface area contributed by atoms with E-state index in [2.05, 4.69) is 13.8 Å². The summed E-state index contributed by atoms with van der Waals surface area (Å²) in [6.45, 7) is 6.44. The van der Waals surface area contributed by atoms with Crippen LogP contribution < -0.4 is 0 Å². The van der Waals surface area contributed by atoms with Crippen molar-refractivity contribution in [2.24, 2.45) is 0 Å². The molecule has 0 radical (unpaired) electrons. The fraction of sp³-hybridized carbons (Fsp3) is 0.538. The van der Waals surface area contributed by atoms with Gasteiger partial charge in [0, 0.05) is 17.2 Å². The van der Waals surface area contributed by atoms with Gasteiger partial charge in [-0.25, -0.2) is 0 Å². The van der Waals surface area contributed by atoms with Crippen molar-refractivity contribution in [3.63, 3.8) is 0 Å². The summed E-state index contributed by atoms with van der Waals surface area (Å²) in [7, 11) is -3.10. The highest BCUT2D eigenvalue weighted by atomic mass is 35.5. The van der Waals surface area contributed by atoms with Crippen LogP contribution in [0.1, 0.15) is 45.5 Å². The van der Waals surface area contributed by atoms with Crippen molar-refractivity contribution in [1.29, 1.82) is 0 Å². The number of rotatable bonds is 6. The summed E-state index contributed by atoms with van der Waals surface area (Å²) in [5.41, 5.74) is 0.473. The van der Waals surface area contributed by atoms with E-state index in [1.165, 1.54) is 18.9 Å². The molecule has 0 saturated heterocycles. The Hall–Kier alpha value is -0.0900. The Morgan fingerprint density at radius 3 is 2.25 bits per heavy atom. The molecule has 20 heavy (non-hydrogen) atoms. The highest BCUT2D eigenvalue weighted by Crippen LogP contribution is 2.34. The summed E-state index contributed by atoms with van der Waals surface area (Å²) in [4.78, 5) is 8.73. The Balaban J connectivity index is 0.000000796. The first-order valence-electron chi connectivity index (χ1n) is 6.42. The normalized spacial score (nSPS) is 13.3. The predicted octanol–water partition coefficient (Wildman–Crippen LogP) is 5.23. The molecule has 1 aromatic rings. The average Bonchev–Trinajstić information content (AvgIpc) is 2.38. The van der Waals surface area contributed by atoms with E-state index in [9.17, 15) is 4.57 Å². The molecule has 4 nitrogen and oxygen atoms in total. The number of hydrogen-bond donors (Lipinski definition) is 1. The maximum atomic E-state index is 10.6. The van der Waals surface area contributed by atoms with Crippen LogP contribution in [0.3, 0.4) is 0 Å². The van der Waals surface area contributed by atoms with Gasteiger partial charge in [-0.1, -0.05) is 56.0 Å². The van der Waals surface area contributed by atoms with Gasteiger partial charge in [0.25, 0.3) is 0 Å². The topological polar surface area (TPSA) is 55.8 Å². The Labute approximate surface area is 130 Å². The van der Waals surface area contributed by atoms with Gasteiger partial charge in [-0.3, -0.25) is 9.09 Å². The summed E-state index contributed by atoms with van der Waals surface area (Å²) in [6, 6.07) is 4.71. The van der Waals surface area contributed by atoms with Gasteiger partial charge >= 0.3 is 8.25 Å². The van der Waals surface area contributed by atoms with Gasteiger partial charge < -0.3 is 9.63 Å². The van der Waals surface area contributed by atoms with Gasteiger partial charge in [0.2, 0.25) is 0 Å². The van der Waals surface area contributed by atoms with E-state index in [1.54, 1.807) is 19.1 Å². The first-order chi connectivity index (χ1) is 9.46. The van der Waals surface area contributed by atoms with Crippen LogP contribution in [0, 0.1) is 0 Å². The maximum Gasteiger partial charge on any atom is 0.319 e. The molecule has 0 aliphatic carbocycles. The van der Waals surface area contributed by atoms with E-state index in [0.29, 0.717) is 22.2 Å². The lowest BCUT2D eigenvalue weighted by molar-refractivity contribution is -0.0792. The number of unbranched alkanes of at least 4 members (excludes halogenated alkanes) is 1. The quantitative estimate of drug-likeness (QED) is 0.567. The van der Waals surface area contributed by atoms with Crippen molar-refractivity contribution in [2.75, 3.05) is 6.61 Å². The van der Waals surface area contributed by atoms with Crippen LogP contribution in [-0.2, 0) is 13.8 Å². The Kier molecular flexibility index (Phi) is 11.5. The number of halogens is 2. The summed E-state index contributed by atoms with van der Waals surface area (Å²) in [5, 5.41) is 0.801. The highest BCUT2D eigenvalue weighted by molar-refractivity contribution is 7.32. The van der Waals surface area contributed by atoms with Crippen molar-refractivity contribution >= 4 is 31.5 Å². The lowest BCUT2D eigenvalue weighted by atomic mass is 10.2. The minimum absolute atomic E-state index is 0.328. The summed E-state index contributed by atoms with van der Waals surface area (Å²) in [5.74, 6) is 0. The zero-order chi connectivity index (χ0) is 15.5. The molecule has 0 heterocycles. The molecule has 116 valence electrons. The fourth-order valence-electron chi connectivity index (χ4n) is 1.12. The second kappa shape index (κ2) is 11.6. The fourth-order valence-corrected chi connectivity index (χ4v) is 2.00. The summed E-state index contributed by atoms with van der Waals surface area (Å²) >= 11 is 11.7. The van der Waals surface area contributed by atoms with Crippen LogP contribution in [0.4, 0.5) is 0 Å². The van der Waals surface area contributed by atoms with Gasteiger partial charge in [0.1, 0.15) is 0 Å². The van der Waals surface area contributed by atoms with Crippen LogP contribution >= 0.6 is 31.5 Å². The lowest BCUT2D eigenvalue weighted by Gasteiger charge is -2.17. The van der Waals surface area contributed by atoms with Crippen LogP contribution in [0.2, 0.25) is 10.0 Å². The first-order valence-corrected chi connectivity index (χ1v) is 8.44. The molecule has 2 unspecified atom stereocenters. The van der Waals surface area contributed by atoms with Crippen LogP contribution in [0.5, 0.6) is 0 Å². The van der Waals surface area contributed by atoms with E-state index in [1.807, 2.05) is 0 Å². The average molecular weight is 343 g/mol. The smallest absolute Gasteiger partial charge is 0.319 e. The molecule has 0 aromatic heterocycles. The Morgan fingerprint density at radius 1 is 1.25 bits per heavy atom. The molecule has 7 heteroatoms. The van der Waals surface area contributed by atoms with Crippen LogP contribution in [0.25, 0.3) is 0 Å². The molecular weight excluding hydrogens is 322 g/mol. The van der Waals surface area contributed by atoms with E-state index in [4.69, 9.17) is 37.4 Å². The van der Waals surface area contributed by atoms with Crippen molar-refractivity contribution < 1.29 is 18.7 Å². The monoisotopic (exact) mass is 342 g/mol. The SMILES string of the molecule is CCCC.CCOC(O[PH](=O)O)c1ccc(Cl)cc1Cl. The Morgan fingerprint density at radius 2 is 1.85 bits per heavy atom. The van der Waals surface area contributed by atoms with Crippen LogP contribution in [-0.4, -0.2) is 11.5 Å². The highest BCUT2D eigenvalue weighted by Gasteiger charge is 2.17. The van der Waals surface area contributed by atoms with Gasteiger partial charge in [-0.05, 0) is 19.1 Å². The van der Waals surface area contributed by atoms with E-state index in [-0.39, 0.29) is 0 Å². The third-order valence-corrected chi connectivity index (χ3v) is 3.22. The molecule has 0 aliphatic heterocycles. The van der Waals surface area contributed by atoms with E-state index >= 15 is 0 Å². The third-order valence-electron chi connectivity index (χ3n) is 2.24. The molecule has 2 atom stereocenters. The lowest BCUT2D eigenvalue weighted by Crippen LogP contribution is -2.06.